The van der Waals surface area contributed by atoms with Gasteiger partial charge in [-0.15, -0.1) is 0 Å². The zero-order chi connectivity index (χ0) is 32.5. The molecule has 0 radical (unpaired) electrons. The summed E-state index contributed by atoms with van der Waals surface area (Å²) >= 11 is 8.72. The third kappa shape index (κ3) is 19.3. The lowest BCUT2D eigenvalue weighted by molar-refractivity contribution is -0.890. The molecular formula is C29H58N4O6S3. The van der Waals surface area contributed by atoms with Gasteiger partial charge in [0.15, 0.2) is 0 Å². The van der Waals surface area contributed by atoms with Crippen molar-refractivity contribution in [3.63, 3.8) is 0 Å². The highest BCUT2D eigenvalue weighted by atomic mass is 32.2. The molecule has 0 saturated heterocycles. The fraction of sp³-hybridized carbons (Fsp3) is 0.897. The normalized spacial score (nSPS) is 14.6. The van der Waals surface area contributed by atoms with Gasteiger partial charge in [0.2, 0.25) is 17.7 Å². The summed E-state index contributed by atoms with van der Waals surface area (Å²) in [6, 6.07) is 0. The molecule has 0 saturated carbocycles. The Morgan fingerprint density at radius 3 is 2.02 bits per heavy atom. The second-order valence-corrected chi connectivity index (χ2v) is 15.7. The standard InChI is InChI=1S/C29H58N4O6S3/c1-7-29(4,27(36)32-18-11-19-33(5,6)20-12-22-42(37,38)39)23-28(2,3)26(35)31-17-10-16-30-25(34)14-9-8-13-24(41)15-21-40/h24H,7-23H2,1-6H3,(H5-,30,31,32,34,35,36,37,38,39,40,41). The molecule has 10 nitrogen and oxygen atoms in total. The topological polar surface area (TPSA) is 144 Å². The highest BCUT2D eigenvalue weighted by Crippen LogP contribution is 2.37. The third-order valence-corrected chi connectivity index (χ3v) is 9.34. The Morgan fingerprint density at radius 1 is 0.857 bits per heavy atom. The van der Waals surface area contributed by atoms with Crippen molar-refractivity contribution in [3.8, 4) is 0 Å². The van der Waals surface area contributed by atoms with Crippen LogP contribution < -0.4 is 16.0 Å². The van der Waals surface area contributed by atoms with Crippen LogP contribution in [-0.4, -0.2) is 98.7 Å². The van der Waals surface area contributed by atoms with Crippen LogP contribution in [0.1, 0.15) is 91.9 Å². The van der Waals surface area contributed by atoms with Gasteiger partial charge in [0, 0.05) is 60.7 Å². The monoisotopic (exact) mass is 654 g/mol. The van der Waals surface area contributed by atoms with Crippen LogP contribution >= 0.6 is 25.3 Å². The predicted molar refractivity (Wildman–Crippen MR) is 176 cm³/mol. The van der Waals surface area contributed by atoms with Crippen LogP contribution in [0.2, 0.25) is 0 Å². The lowest BCUT2D eigenvalue weighted by Gasteiger charge is -2.35. The Labute approximate surface area is 266 Å². The molecule has 3 amide bonds. The third-order valence-electron chi connectivity index (χ3n) is 7.77. The maximum atomic E-state index is 13.1. The molecule has 0 aliphatic heterocycles. The largest absolute Gasteiger partial charge is 0.748 e. The van der Waals surface area contributed by atoms with E-state index in [0.29, 0.717) is 74.4 Å². The second kappa shape index (κ2) is 20.1. The van der Waals surface area contributed by atoms with Crippen LogP contribution in [0.4, 0.5) is 0 Å². The van der Waals surface area contributed by atoms with Gasteiger partial charge in [-0.1, -0.05) is 34.1 Å². The number of rotatable bonds is 24. The fourth-order valence-electron chi connectivity index (χ4n) is 4.93. The van der Waals surface area contributed by atoms with E-state index in [1.54, 1.807) is 0 Å². The number of unbranched alkanes of at least 4 members (excludes halogenated alkanes) is 1. The number of hydrogen-bond donors (Lipinski definition) is 5. The highest BCUT2D eigenvalue weighted by Gasteiger charge is 2.40. The maximum absolute atomic E-state index is 13.1. The minimum Gasteiger partial charge on any atom is -0.748 e. The van der Waals surface area contributed by atoms with Crippen molar-refractivity contribution in [3.05, 3.63) is 0 Å². The number of thiol groups is 2. The van der Waals surface area contributed by atoms with Crippen molar-refractivity contribution >= 4 is 53.1 Å². The van der Waals surface area contributed by atoms with Gasteiger partial charge in [0.05, 0.1) is 37.3 Å². The zero-order valence-corrected chi connectivity index (χ0v) is 29.4. The molecule has 0 spiro atoms. The van der Waals surface area contributed by atoms with Crippen molar-refractivity contribution in [1.82, 2.24) is 16.0 Å². The second-order valence-electron chi connectivity index (χ2n) is 13.0. The molecular weight excluding hydrogens is 597 g/mol. The Balaban J connectivity index is 4.44. The van der Waals surface area contributed by atoms with Gasteiger partial charge < -0.3 is 25.0 Å². The molecule has 0 fully saturated rings. The molecule has 0 heterocycles. The summed E-state index contributed by atoms with van der Waals surface area (Å²) in [5, 5.41) is 9.22. The first-order valence-corrected chi connectivity index (χ1v) is 18.0. The SMILES string of the molecule is CCC(C)(CC(C)(C)C(=O)NCCCNC(=O)CCCCC(S)CCS)C(=O)NCCC[N+](C)(C)CCCS(=O)(=O)[O-]. The Morgan fingerprint density at radius 2 is 1.43 bits per heavy atom. The summed E-state index contributed by atoms with van der Waals surface area (Å²) in [5.74, 6) is 0.260. The first kappa shape index (κ1) is 41.0. The van der Waals surface area contributed by atoms with E-state index in [0.717, 1.165) is 38.0 Å². The summed E-state index contributed by atoms with van der Waals surface area (Å²) in [7, 11) is -0.268. The molecule has 0 aliphatic rings. The molecule has 0 aromatic carbocycles. The molecule has 0 aromatic rings. The van der Waals surface area contributed by atoms with Gasteiger partial charge in [-0.25, -0.2) is 8.42 Å². The lowest BCUT2D eigenvalue weighted by Crippen LogP contribution is -2.47. The average Bonchev–Trinajstić information content (AvgIpc) is 2.87. The minimum absolute atomic E-state index is 0.0218. The molecule has 0 bridgehead atoms. The van der Waals surface area contributed by atoms with Crippen LogP contribution in [0.25, 0.3) is 0 Å². The number of quaternary nitrogens is 1. The number of carbonyl (C=O) groups excluding carboxylic acids is 3. The molecule has 13 heteroatoms. The molecule has 2 unspecified atom stereocenters. The van der Waals surface area contributed by atoms with Crippen LogP contribution in [0, 0.1) is 10.8 Å². The molecule has 248 valence electrons. The molecule has 42 heavy (non-hydrogen) atoms. The van der Waals surface area contributed by atoms with E-state index in [1.165, 1.54) is 0 Å². The van der Waals surface area contributed by atoms with Gasteiger partial charge >= 0.3 is 0 Å². The van der Waals surface area contributed by atoms with Gasteiger partial charge in [0.1, 0.15) is 0 Å². The van der Waals surface area contributed by atoms with Crippen LogP contribution in [0.15, 0.2) is 0 Å². The number of amides is 3. The van der Waals surface area contributed by atoms with Gasteiger partial charge in [-0.05, 0) is 44.3 Å². The summed E-state index contributed by atoms with van der Waals surface area (Å²) in [4.78, 5) is 38.1. The van der Waals surface area contributed by atoms with Crippen molar-refractivity contribution in [2.24, 2.45) is 10.8 Å². The summed E-state index contributed by atoms with van der Waals surface area (Å²) in [5.41, 5.74) is -1.48. The van der Waals surface area contributed by atoms with Crippen molar-refractivity contribution in [2.75, 3.05) is 58.3 Å². The van der Waals surface area contributed by atoms with Crippen LogP contribution in [0.3, 0.4) is 0 Å². The Hall–Kier alpha value is -1.02. The van der Waals surface area contributed by atoms with Crippen molar-refractivity contribution in [1.29, 1.82) is 0 Å². The number of hydrogen-bond acceptors (Lipinski definition) is 8. The number of carbonyl (C=O) groups is 3. The zero-order valence-electron chi connectivity index (χ0n) is 26.8. The highest BCUT2D eigenvalue weighted by molar-refractivity contribution is 7.85. The van der Waals surface area contributed by atoms with Gasteiger partial charge in [0.25, 0.3) is 0 Å². The number of nitrogens with zero attached hydrogens (tertiary/aromatic N) is 1. The van der Waals surface area contributed by atoms with Crippen molar-refractivity contribution < 1.29 is 31.8 Å². The lowest BCUT2D eigenvalue weighted by atomic mass is 9.71. The summed E-state index contributed by atoms with van der Waals surface area (Å²) in [6.07, 6.45) is 6.84. The van der Waals surface area contributed by atoms with Gasteiger partial charge in [-0.3, -0.25) is 14.4 Å². The van der Waals surface area contributed by atoms with E-state index >= 15 is 0 Å². The smallest absolute Gasteiger partial charge is 0.225 e. The first-order chi connectivity index (χ1) is 19.4. The maximum Gasteiger partial charge on any atom is 0.225 e. The first-order valence-electron chi connectivity index (χ1n) is 15.3. The summed E-state index contributed by atoms with van der Waals surface area (Å²) in [6.45, 7) is 10.2. The molecule has 0 aliphatic carbocycles. The summed E-state index contributed by atoms with van der Waals surface area (Å²) < 4.78 is 33.0. The minimum atomic E-state index is -4.21. The van der Waals surface area contributed by atoms with E-state index < -0.39 is 20.9 Å². The van der Waals surface area contributed by atoms with E-state index in [1.807, 2.05) is 41.8 Å². The predicted octanol–water partition coefficient (Wildman–Crippen LogP) is 3.14. The molecule has 0 rings (SSSR count). The fourth-order valence-corrected chi connectivity index (χ4v) is 6.24. The average molecular weight is 655 g/mol. The Kier molecular flexibility index (Phi) is 19.6. The van der Waals surface area contributed by atoms with E-state index in [2.05, 4.69) is 41.2 Å². The quantitative estimate of drug-likeness (QED) is 0.0468. The van der Waals surface area contributed by atoms with E-state index in [-0.39, 0.29) is 23.5 Å². The van der Waals surface area contributed by atoms with E-state index in [4.69, 9.17) is 0 Å². The molecule has 0 aromatic heterocycles. The van der Waals surface area contributed by atoms with Crippen molar-refractivity contribution in [2.45, 2.75) is 97.2 Å². The Bertz CT molecular complexity index is 930. The van der Waals surface area contributed by atoms with Crippen LogP contribution in [0.5, 0.6) is 0 Å². The van der Waals surface area contributed by atoms with E-state index in [9.17, 15) is 27.4 Å². The molecule has 3 N–H and O–H groups in total. The van der Waals surface area contributed by atoms with Gasteiger partial charge in [-0.2, -0.15) is 25.3 Å². The van der Waals surface area contributed by atoms with Crippen LogP contribution in [-0.2, 0) is 24.5 Å². The number of nitrogens with one attached hydrogen (secondary N) is 3. The molecule has 2 atom stereocenters.